The Morgan fingerprint density at radius 1 is 1.53 bits per heavy atom. The van der Waals surface area contributed by atoms with Crippen LogP contribution in [0.2, 0.25) is 0 Å². The highest BCUT2D eigenvalue weighted by molar-refractivity contribution is 6.00. The molecule has 2 heteroatoms. The van der Waals surface area contributed by atoms with Crippen LogP contribution in [0.15, 0.2) is 18.2 Å². The number of nitrogen functional groups attached to an aromatic ring is 1. The fraction of sp³-hybridized carbons (Fsp3) is 0.462. The topological polar surface area (TPSA) is 43.1 Å². The molecule has 0 bridgehead atoms. The number of nitrogens with two attached hydrogens (primary N) is 1. The lowest BCUT2D eigenvalue weighted by Gasteiger charge is -2.03. The van der Waals surface area contributed by atoms with E-state index >= 15 is 0 Å². The lowest BCUT2D eigenvalue weighted by atomic mass is 10.0. The number of anilines is 1. The highest BCUT2D eigenvalue weighted by atomic mass is 16.1. The number of benzene rings is 1. The van der Waals surface area contributed by atoms with Crippen molar-refractivity contribution in [3.8, 4) is 0 Å². The van der Waals surface area contributed by atoms with Crippen molar-refractivity contribution in [1.82, 2.24) is 0 Å². The average Bonchev–Trinajstić information content (AvgIpc) is 3.00. The van der Waals surface area contributed by atoms with E-state index in [1.54, 1.807) is 0 Å². The number of hydrogen-bond acceptors (Lipinski definition) is 2. The molecule has 1 aliphatic carbocycles. The molecule has 80 valence electrons. The van der Waals surface area contributed by atoms with Crippen molar-refractivity contribution in [3.63, 3.8) is 0 Å². The largest absolute Gasteiger partial charge is 0.399 e. The average molecular weight is 203 g/mol. The van der Waals surface area contributed by atoms with Crippen molar-refractivity contribution in [1.29, 1.82) is 0 Å². The van der Waals surface area contributed by atoms with E-state index in [4.69, 9.17) is 5.73 Å². The van der Waals surface area contributed by atoms with Crippen LogP contribution in [0.3, 0.4) is 0 Å². The molecule has 1 aliphatic rings. The molecule has 0 amide bonds. The van der Waals surface area contributed by atoms with Gasteiger partial charge in [-0.05, 0) is 43.0 Å². The van der Waals surface area contributed by atoms with E-state index in [2.05, 4.69) is 6.92 Å². The Morgan fingerprint density at radius 3 is 2.80 bits per heavy atom. The molecule has 0 aromatic heterocycles. The summed E-state index contributed by atoms with van der Waals surface area (Å²) >= 11 is 0. The summed E-state index contributed by atoms with van der Waals surface area (Å²) in [5.41, 5.74) is 8.30. The Labute approximate surface area is 90.5 Å². The Hall–Kier alpha value is -1.31. The van der Waals surface area contributed by atoms with E-state index in [-0.39, 0.29) is 5.92 Å². The number of Topliss-reactive ketones (excluding diaryl/α,β-unsaturated/α-hetero) is 1. The van der Waals surface area contributed by atoms with Gasteiger partial charge in [-0.15, -0.1) is 0 Å². The van der Waals surface area contributed by atoms with Gasteiger partial charge in [0, 0.05) is 17.2 Å². The van der Waals surface area contributed by atoms with Gasteiger partial charge in [0.05, 0.1) is 0 Å². The molecular weight excluding hydrogens is 186 g/mol. The van der Waals surface area contributed by atoms with Gasteiger partial charge < -0.3 is 5.73 Å². The van der Waals surface area contributed by atoms with Gasteiger partial charge in [-0.1, -0.05) is 13.3 Å². The van der Waals surface area contributed by atoms with Crippen LogP contribution >= 0.6 is 0 Å². The molecule has 15 heavy (non-hydrogen) atoms. The summed E-state index contributed by atoms with van der Waals surface area (Å²) in [5, 5.41) is 0. The van der Waals surface area contributed by atoms with E-state index in [0.717, 1.165) is 29.7 Å². The van der Waals surface area contributed by atoms with Crippen molar-refractivity contribution in [2.45, 2.75) is 26.7 Å². The van der Waals surface area contributed by atoms with Gasteiger partial charge in [0.1, 0.15) is 0 Å². The van der Waals surface area contributed by atoms with E-state index in [1.807, 2.05) is 25.1 Å². The molecular formula is C13H17NO. The SMILES string of the molecule is CC[C@@H]1C[C@H]1C(=O)c1ccc(N)c(C)c1. The summed E-state index contributed by atoms with van der Waals surface area (Å²) in [6.07, 6.45) is 2.18. The smallest absolute Gasteiger partial charge is 0.166 e. The van der Waals surface area contributed by atoms with E-state index in [1.165, 1.54) is 0 Å². The maximum Gasteiger partial charge on any atom is 0.166 e. The molecule has 0 saturated heterocycles. The van der Waals surface area contributed by atoms with Crippen LogP contribution in [0, 0.1) is 18.8 Å². The monoisotopic (exact) mass is 203 g/mol. The number of carbonyl (C=O) groups is 1. The van der Waals surface area contributed by atoms with E-state index in [9.17, 15) is 4.79 Å². The second kappa shape index (κ2) is 3.69. The molecule has 2 N–H and O–H groups in total. The Morgan fingerprint density at radius 2 is 2.27 bits per heavy atom. The molecule has 2 atom stereocenters. The first-order valence-corrected chi connectivity index (χ1v) is 5.53. The third-order valence-electron chi connectivity index (χ3n) is 3.34. The third-order valence-corrected chi connectivity index (χ3v) is 3.34. The number of hydrogen-bond donors (Lipinski definition) is 1. The maximum absolute atomic E-state index is 12.0. The molecule has 1 aromatic rings. The summed E-state index contributed by atoms with van der Waals surface area (Å²) in [7, 11) is 0. The molecule has 0 heterocycles. The van der Waals surface area contributed by atoms with Gasteiger partial charge in [0.25, 0.3) is 0 Å². The lowest BCUT2D eigenvalue weighted by molar-refractivity contribution is 0.0960. The number of rotatable bonds is 3. The summed E-state index contributed by atoms with van der Waals surface area (Å²) in [6, 6.07) is 5.57. The Kier molecular flexibility index (Phi) is 2.51. The van der Waals surface area contributed by atoms with Crippen LogP contribution in [0.25, 0.3) is 0 Å². The summed E-state index contributed by atoms with van der Waals surface area (Å²) in [6.45, 7) is 4.09. The highest BCUT2D eigenvalue weighted by Crippen LogP contribution is 2.43. The first-order valence-electron chi connectivity index (χ1n) is 5.53. The zero-order chi connectivity index (χ0) is 11.0. The quantitative estimate of drug-likeness (QED) is 0.606. The maximum atomic E-state index is 12.0. The van der Waals surface area contributed by atoms with Gasteiger partial charge >= 0.3 is 0 Å². The van der Waals surface area contributed by atoms with Crippen LogP contribution < -0.4 is 5.73 Å². The minimum atomic E-state index is 0.276. The second-order valence-corrected chi connectivity index (χ2v) is 4.45. The second-order valence-electron chi connectivity index (χ2n) is 4.45. The fourth-order valence-electron chi connectivity index (χ4n) is 2.06. The van der Waals surface area contributed by atoms with Crippen LogP contribution in [0.4, 0.5) is 5.69 Å². The van der Waals surface area contributed by atoms with Crippen LogP contribution in [-0.2, 0) is 0 Å². The number of aryl methyl sites for hydroxylation is 1. The van der Waals surface area contributed by atoms with Gasteiger partial charge in [-0.3, -0.25) is 4.79 Å². The molecule has 0 radical (unpaired) electrons. The van der Waals surface area contributed by atoms with Crippen LogP contribution in [0.1, 0.15) is 35.7 Å². The molecule has 0 unspecified atom stereocenters. The van der Waals surface area contributed by atoms with Crippen molar-refractivity contribution in [2.24, 2.45) is 11.8 Å². The summed E-state index contributed by atoms with van der Waals surface area (Å²) < 4.78 is 0. The van der Waals surface area contributed by atoms with Crippen molar-refractivity contribution in [3.05, 3.63) is 29.3 Å². The zero-order valence-electron chi connectivity index (χ0n) is 9.29. The van der Waals surface area contributed by atoms with E-state index in [0.29, 0.717) is 11.7 Å². The van der Waals surface area contributed by atoms with Crippen LogP contribution in [-0.4, -0.2) is 5.78 Å². The predicted octanol–water partition coefficient (Wildman–Crippen LogP) is 2.81. The first kappa shape index (κ1) is 10.2. The summed E-state index contributed by atoms with van der Waals surface area (Å²) in [4.78, 5) is 12.0. The number of ketones is 1. The fourth-order valence-corrected chi connectivity index (χ4v) is 2.06. The Balaban J connectivity index is 2.16. The molecule has 2 rings (SSSR count). The van der Waals surface area contributed by atoms with E-state index < -0.39 is 0 Å². The molecule has 1 aromatic carbocycles. The van der Waals surface area contributed by atoms with Gasteiger partial charge in [0.15, 0.2) is 5.78 Å². The molecule has 1 saturated carbocycles. The minimum absolute atomic E-state index is 0.276. The standard InChI is InChI=1S/C13H17NO/c1-3-9-7-11(9)13(15)10-4-5-12(14)8(2)6-10/h4-6,9,11H,3,7,14H2,1-2H3/t9-,11-/m1/s1. The van der Waals surface area contributed by atoms with Gasteiger partial charge in [-0.25, -0.2) is 0 Å². The van der Waals surface area contributed by atoms with Crippen LogP contribution in [0.5, 0.6) is 0 Å². The molecule has 2 nitrogen and oxygen atoms in total. The van der Waals surface area contributed by atoms with Gasteiger partial charge in [-0.2, -0.15) is 0 Å². The summed E-state index contributed by atoms with van der Waals surface area (Å²) in [5.74, 6) is 1.19. The normalized spacial score (nSPS) is 23.9. The van der Waals surface area contributed by atoms with Gasteiger partial charge in [0.2, 0.25) is 0 Å². The predicted molar refractivity (Wildman–Crippen MR) is 61.8 cm³/mol. The van der Waals surface area contributed by atoms with Crippen molar-refractivity contribution in [2.75, 3.05) is 5.73 Å². The number of carbonyl (C=O) groups excluding carboxylic acids is 1. The minimum Gasteiger partial charge on any atom is -0.399 e. The third kappa shape index (κ3) is 1.89. The lowest BCUT2D eigenvalue weighted by Crippen LogP contribution is -2.04. The molecule has 1 fully saturated rings. The highest BCUT2D eigenvalue weighted by Gasteiger charge is 2.41. The Bertz CT molecular complexity index is 398. The zero-order valence-corrected chi connectivity index (χ0v) is 9.29. The van der Waals surface area contributed by atoms with Crippen molar-refractivity contribution < 1.29 is 4.79 Å². The first-order chi connectivity index (χ1) is 7.13. The van der Waals surface area contributed by atoms with Crippen molar-refractivity contribution >= 4 is 11.5 Å². The molecule has 0 spiro atoms. The molecule has 0 aliphatic heterocycles.